The predicted octanol–water partition coefficient (Wildman–Crippen LogP) is 2.13. The van der Waals surface area contributed by atoms with Crippen LogP contribution in [0.4, 0.5) is 13.2 Å². The zero-order chi connectivity index (χ0) is 19.1. The van der Waals surface area contributed by atoms with Crippen LogP contribution in [0.1, 0.15) is 25.8 Å². The first-order valence-corrected chi connectivity index (χ1v) is 7.63. The third-order valence-electron chi connectivity index (χ3n) is 3.37. The van der Waals surface area contributed by atoms with Gasteiger partial charge >= 0.3 is 12.1 Å². The Hall–Kier alpha value is -2.29. The molecule has 1 rings (SSSR count). The molecule has 0 saturated carbocycles. The van der Waals surface area contributed by atoms with E-state index >= 15 is 0 Å². The van der Waals surface area contributed by atoms with E-state index in [1.165, 1.54) is 21.0 Å². The number of methoxy groups -OCH3 is 1. The Morgan fingerprint density at radius 3 is 2.16 bits per heavy atom. The molecule has 0 saturated heterocycles. The summed E-state index contributed by atoms with van der Waals surface area (Å²) in [5, 5.41) is 3.83. The summed E-state index contributed by atoms with van der Waals surface area (Å²) in [6.45, 7) is 2.17. The first-order valence-electron chi connectivity index (χ1n) is 7.63. The standard InChI is InChI=1S/C16H21F3N2O4/c1-4-13(22)21-15(16(17,18)19,14(23)25-5-2)20-10-11-6-8-12(24-3)9-7-11/h6-9,20H,4-5,10H2,1-3H3,(H,21,22)/t15-/m0/s1. The minimum atomic E-state index is -5.10. The van der Waals surface area contributed by atoms with E-state index in [-0.39, 0.29) is 19.6 Å². The summed E-state index contributed by atoms with van der Waals surface area (Å²) < 4.78 is 50.5. The van der Waals surface area contributed by atoms with E-state index in [1.807, 2.05) is 0 Å². The number of amides is 1. The van der Waals surface area contributed by atoms with Gasteiger partial charge in [-0.1, -0.05) is 19.1 Å². The second-order valence-corrected chi connectivity index (χ2v) is 5.07. The largest absolute Gasteiger partial charge is 0.497 e. The summed E-state index contributed by atoms with van der Waals surface area (Å²) in [5.74, 6) is -2.01. The van der Waals surface area contributed by atoms with E-state index in [9.17, 15) is 22.8 Å². The molecule has 0 aliphatic carbocycles. The minimum absolute atomic E-state index is 0.221. The first kappa shape index (κ1) is 20.8. The fraction of sp³-hybridized carbons (Fsp3) is 0.500. The maximum absolute atomic E-state index is 13.7. The number of hydrogen-bond donors (Lipinski definition) is 2. The monoisotopic (exact) mass is 362 g/mol. The molecule has 140 valence electrons. The number of ether oxygens (including phenoxy) is 2. The second-order valence-electron chi connectivity index (χ2n) is 5.07. The molecule has 0 spiro atoms. The molecule has 1 atom stereocenters. The van der Waals surface area contributed by atoms with Crippen LogP contribution in [0.5, 0.6) is 5.75 Å². The molecule has 1 aromatic carbocycles. The highest BCUT2D eigenvalue weighted by molar-refractivity contribution is 5.88. The number of nitrogens with one attached hydrogen (secondary N) is 2. The number of benzene rings is 1. The average Bonchev–Trinajstić information content (AvgIpc) is 2.57. The molecule has 0 aliphatic rings. The van der Waals surface area contributed by atoms with Gasteiger partial charge in [-0.25, -0.2) is 4.79 Å². The van der Waals surface area contributed by atoms with E-state index in [0.29, 0.717) is 11.3 Å². The van der Waals surface area contributed by atoms with Gasteiger partial charge in [-0.05, 0) is 24.6 Å². The Labute approximate surface area is 143 Å². The van der Waals surface area contributed by atoms with E-state index in [1.54, 1.807) is 29.6 Å². The third-order valence-corrected chi connectivity index (χ3v) is 3.37. The van der Waals surface area contributed by atoms with Crippen LogP contribution in [0.3, 0.4) is 0 Å². The number of rotatable bonds is 8. The number of alkyl halides is 3. The summed E-state index contributed by atoms with van der Waals surface area (Å²) in [7, 11) is 1.46. The molecular formula is C16H21F3N2O4. The topological polar surface area (TPSA) is 76.7 Å². The minimum Gasteiger partial charge on any atom is -0.497 e. The van der Waals surface area contributed by atoms with E-state index in [2.05, 4.69) is 10.1 Å². The van der Waals surface area contributed by atoms with Crippen molar-refractivity contribution in [3.05, 3.63) is 29.8 Å². The number of esters is 1. The molecule has 6 nitrogen and oxygen atoms in total. The molecule has 1 aromatic rings. The summed E-state index contributed by atoms with van der Waals surface area (Å²) in [4.78, 5) is 23.6. The molecule has 1 amide bonds. The van der Waals surface area contributed by atoms with Crippen LogP contribution in [0, 0.1) is 0 Å². The molecule has 0 fully saturated rings. The molecule has 0 heterocycles. The first-order chi connectivity index (χ1) is 11.7. The molecule has 0 radical (unpaired) electrons. The molecule has 25 heavy (non-hydrogen) atoms. The van der Waals surface area contributed by atoms with Crippen molar-refractivity contribution in [2.75, 3.05) is 13.7 Å². The maximum atomic E-state index is 13.7. The fourth-order valence-corrected chi connectivity index (χ4v) is 1.97. The van der Waals surface area contributed by atoms with Crippen molar-refractivity contribution in [1.29, 1.82) is 0 Å². The number of carbonyl (C=O) groups is 2. The Morgan fingerprint density at radius 2 is 1.72 bits per heavy atom. The maximum Gasteiger partial charge on any atom is 0.436 e. The van der Waals surface area contributed by atoms with Crippen LogP contribution in [-0.2, 0) is 20.9 Å². The van der Waals surface area contributed by atoms with Gasteiger partial charge in [0.1, 0.15) is 5.75 Å². The van der Waals surface area contributed by atoms with Gasteiger partial charge < -0.3 is 14.8 Å². The zero-order valence-corrected chi connectivity index (χ0v) is 14.2. The molecule has 0 aliphatic heterocycles. The lowest BCUT2D eigenvalue weighted by molar-refractivity contribution is -0.222. The lowest BCUT2D eigenvalue weighted by atomic mass is 10.1. The highest BCUT2D eigenvalue weighted by atomic mass is 19.4. The van der Waals surface area contributed by atoms with Gasteiger partial charge in [0.15, 0.2) is 0 Å². The highest BCUT2D eigenvalue weighted by Crippen LogP contribution is 2.30. The zero-order valence-electron chi connectivity index (χ0n) is 14.2. The molecule has 0 aromatic heterocycles. The van der Waals surface area contributed by atoms with E-state index < -0.39 is 23.7 Å². The predicted molar refractivity (Wildman–Crippen MR) is 83.7 cm³/mol. The third kappa shape index (κ3) is 5.09. The Morgan fingerprint density at radius 1 is 1.12 bits per heavy atom. The highest BCUT2D eigenvalue weighted by Gasteiger charge is 2.62. The summed E-state index contributed by atoms with van der Waals surface area (Å²) in [5.41, 5.74) is -2.86. The van der Waals surface area contributed by atoms with Crippen molar-refractivity contribution in [3.8, 4) is 5.75 Å². The van der Waals surface area contributed by atoms with Crippen LogP contribution in [-0.4, -0.2) is 37.4 Å². The molecule has 2 N–H and O–H groups in total. The number of carbonyl (C=O) groups excluding carboxylic acids is 2. The molecule has 0 unspecified atom stereocenters. The van der Waals surface area contributed by atoms with Gasteiger partial charge in [0.2, 0.25) is 5.91 Å². The second kappa shape index (κ2) is 8.70. The van der Waals surface area contributed by atoms with Crippen LogP contribution in [0.2, 0.25) is 0 Å². The van der Waals surface area contributed by atoms with Gasteiger partial charge in [-0.3, -0.25) is 10.1 Å². The van der Waals surface area contributed by atoms with E-state index in [0.717, 1.165) is 0 Å². The van der Waals surface area contributed by atoms with Crippen LogP contribution in [0.25, 0.3) is 0 Å². The molecule has 9 heteroatoms. The Kier molecular flexibility index (Phi) is 7.22. The van der Waals surface area contributed by atoms with E-state index in [4.69, 9.17) is 4.74 Å². The number of halogens is 3. The van der Waals surface area contributed by atoms with Crippen molar-refractivity contribution in [2.24, 2.45) is 0 Å². The normalized spacial score (nSPS) is 13.7. The van der Waals surface area contributed by atoms with Gasteiger partial charge in [-0.2, -0.15) is 13.2 Å². The fourth-order valence-electron chi connectivity index (χ4n) is 1.97. The number of hydrogen-bond acceptors (Lipinski definition) is 5. The van der Waals surface area contributed by atoms with Gasteiger partial charge in [-0.15, -0.1) is 0 Å². The Balaban J connectivity index is 3.13. The van der Waals surface area contributed by atoms with Crippen LogP contribution >= 0.6 is 0 Å². The SMILES string of the molecule is CCOC(=O)[C@](NCc1ccc(OC)cc1)(NC(=O)CC)C(F)(F)F. The van der Waals surface area contributed by atoms with Crippen LogP contribution in [0.15, 0.2) is 24.3 Å². The summed E-state index contributed by atoms with van der Waals surface area (Å²) >= 11 is 0. The lowest BCUT2D eigenvalue weighted by Gasteiger charge is -2.34. The molecule has 0 bridgehead atoms. The van der Waals surface area contributed by atoms with Gasteiger partial charge in [0.25, 0.3) is 5.66 Å². The van der Waals surface area contributed by atoms with Crippen molar-refractivity contribution in [2.45, 2.75) is 38.7 Å². The van der Waals surface area contributed by atoms with Gasteiger partial charge in [0.05, 0.1) is 13.7 Å². The molecular weight excluding hydrogens is 341 g/mol. The van der Waals surface area contributed by atoms with Crippen molar-refractivity contribution in [1.82, 2.24) is 10.6 Å². The smallest absolute Gasteiger partial charge is 0.436 e. The van der Waals surface area contributed by atoms with Crippen molar-refractivity contribution in [3.63, 3.8) is 0 Å². The summed E-state index contributed by atoms with van der Waals surface area (Å²) in [6.07, 6.45) is -5.32. The van der Waals surface area contributed by atoms with Crippen molar-refractivity contribution < 1.29 is 32.2 Å². The van der Waals surface area contributed by atoms with Crippen molar-refractivity contribution >= 4 is 11.9 Å². The average molecular weight is 362 g/mol. The lowest BCUT2D eigenvalue weighted by Crippen LogP contribution is -2.72. The van der Waals surface area contributed by atoms with Gasteiger partial charge in [0, 0.05) is 13.0 Å². The summed E-state index contributed by atoms with van der Waals surface area (Å²) in [6, 6.07) is 6.22. The Bertz CT molecular complexity index is 590. The quantitative estimate of drug-likeness (QED) is 0.547. The van der Waals surface area contributed by atoms with Crippen LogP contribution < -0.4 is 15.4 Å².